The first-order valence-electron chi connectivity index (χ1n) is 6.83. The van der Waals surface area contributed by atoms with Crippen LogP contribution < -0.4 is 0 Å². The Morgan fingerprint density at radius 3 is 2.60 bits per heavy atom. The molecule has 0 saturated heterocycles. The smallest absolute Gasteiger partial charge is 0.254 e. The molecule has 1 heterocycles. The summed E-state index contributed by atoms with van der Waals surface area (Å²) in [5.41, 5.74) is 2.67. The molecule has 4 heteroatoms. The summed E-state index contributed by atoms with van der Waals surface area (Å²) >= 11 is 0. The van der Waals surface area contributed by atoms with Gasteiger partial charge in [0.25, 0.3) is 11.8 Å². The SMILES string of the molecule is CCC(=O)c1cccc2c1CC[C@@H]2N1C(=O)C=CC1=O. The molecule has 102 valence electrons. The highest BCUT2D eigenvalue weighted by Gasteiger charge is 2.37. The van der Waals surface area contributed by atoms with Crippen molar-refractivity contribution in [1.82, 2.24) is 4.90 Å². The van der Waals surface area contributed by atoms with E-state index in [9.17, 15) is 14.4 Å². The van der Waals surface area contributed by atoms with Crippen molar-refractivity contribution in [3.8, 4) is 0 Å². The van der Waals surface area contributed by atoms with Gasteiger partial charge in [-0.05, 0) is 24.0 Å². The fourth-order valence-corrected chi connectivity index (χ4v) is 3.07. The Kier molecular flexibility index (Phi) is 3.01. The quantitative estimate of drug-likeness (QED) is 0.624. The summed E-state index contributed by atoms with van der Waals surface area (Å²) in [7, 11) is 0. The molecule has 0 spiro atoms. The molecule has 1 atom stereocenters. The van der Waals surface area contributed by atoms with Crippen LogP contribution in [0.3, 0.4) is 0 Å². The molecule has 0 saturated carbocycles. The second-order valence-corrected chi connectivity index (χ2v) is 5.08. The number of carbonyl (C=O) groups is 3. The lowest BCUT2D eigenvalue weighted by molar-refractivity contribution is -0.139. The third-order valence-electron chi connectivity index (χ3n) is 4.02. The number of amides is 2. The number of imide groups is 1. The normalized spacial score (nSPS) is 20.6. The second-order valence-electron chi connectivity index (χ2n) is 5.08. The zero-order valence-electron chi connectivity index (χ0n) is 11.3. The monoisotopic (exact) mass is 269 g/mol. The summed E-state index contributed by atoms with van der Waals surface area (Å²) < 4.78 is 0. The van der Waals surface area contributed by atoms with Gasteiger partial charge in [-0.15, -0.1) is 0 Å². The molecule has 2 aliphatic rings. The fourth-order valence-electron chi connectivity index (χ4n) is 3.07. The van der Waals surface area contributed by atoms with Crippen molar-refractivity contribution in [3.05, 3.63) is 47.0 Å². The van der Waals surface area contributed by atoms with Gasteiger partial charge in [0, 0.05) is 24.1 Å². The van der Waals surface area contributed by atoms with E-state index in [4.69, 9.17) is 0 Å². The summed E-state index contributed by atoms with van der Waals surface area (Å²) in [6.07, 6.45) is 4.51. The molecular formula is C16H15NO3. The van der Waals surface area contributed by atoms with Crippen LogP contribution in [0.25, 0.3) is 0 Å². The van der Waals surface area contributed by atoms with Crippen LogP contribution in [-0.4, -0.2) is 22.5 Å². The number of hydrogen-bond donors (Lipinski definition) is 0. The maximum absolute atomic E-state index is 12.0. The summed E-state index contributed by atoms with van der Waals surface area (Å²) in [4.78, 5) is 36.9. The summed E-state index contributed by atoms with van der Waals surface area (Å²) in [6, 6.07) is 5.35. The molecule has 0 N–H and O–H groups in total. The van der Waals surface area contributed by atoms with E-state index in [-0.39, 0.29) is 23.6 Å². The number of ketones is 1. The van der Waals surface area contributed by atoms with Crippen molar-refractivity contribution in [3.63, 3.8) is 0 Å². The zero-order chi connectivity index (χ0) is 14.3. The fraction of sp³-hybridized carbons (Fsp3) is 0.312. The van der Waals surface area contributed by atoms with Crippen LogP contribution in [0.4, 0.5) is 0 Å². The standard InChI is InChI=1S/C16H15NO3/c1-2-14(18)12-5-3-4-11-10(12)6-7-13(11)17-15(19)8-9-16(17)20/h3-5,8-9,13H,2,6-7H2,1H3/t13-/m0/s1. The molecule has 0 radical (unpaired) electrons. The molecule has 1 aromatic rings. The Morgan fingerprint density at radius 2 is 1.95 bits per heavy atom. The average Bonchev–Trinajstić information content (AvgIpc) is 3.01. The van der Waals surface area contributed by atoms with Gasteiger partial charge in [-0.1, -0.05) is 25.1 Å². The Balaban J connectivity index is 2.01. The highest BCUT2D eigenvalue weighted by Crippen LogP contribution is 2.39. The van der Waals surface area contributed by atoms with E-state index in [1.54, 1.807) is 0 Å². The van der Waals surface area contributed by atoms with Crippen LogP contribution in [0.5, 0.6) is 0 Å². The highest BCUT2D eigenvalue weighted by molar-refractivity contribution is 6.13. The van der Waals surface area contributed by atoms with Crippen LogP contribution in [0, 0.1) is 0 Å². The number of nitrogens with zero attached hydrogens (tertiary/aromatic N) is 1. The highest BCUT2D eigenvalue weighted by atomic mass is 16.2. The van der Waals surface area contributed by atoms with Gasteiger partial charge in [-0.2, -0.15) is 0 Å². The predicted molar refractivity (Wildman–Crippen MR) is 73.1 cm³/mol. The maximum atomic E-state index is 12.0. The molecule has 3 rings (SSSR count). The van der Waals surface area contributed by atoms with Gasteiger partial charge < -0.3 is 0 Å². The number of Topliss-reactive ketones (excluding diaryl/α,β-unsaturated/α-hetero) is 1. The third-order valence-corrected chi connectivity index (χ3v) is 4.02. The van der Waals surface area contributed by atoms with Gasteiger partial charge in [-0.25, -0.2) is 0 Å². The van der Waals surface area contributed by atoms with Gasteiger partial charge in [0.15, 0.2) is 5.78 Å². The molecule has 0 fully saturated rings. The molecule has 20 heavy (non-hydrogen) atoms. The number of hydrogen-bond acceptors (Lipinski definition) is 3. The Bertz CT molecular complexity index is 627. The minimum Gasteiger partial charge on any atom is -0.294 e. The van der Waals surface area contributed by atoms with E-state index in [0.29, 0.717) is 12.8 Å². The van der Waals surface area contributed by atoms with Crippen molar-refractivity contribution in [2.75, 3.05) is 0 Å². The zero-order valence-corrected chi connectivity index (χ0v) is 11.3. The number of benzene rings is 1. The second kappa shape index (κ2) is 4.71. The lowest BCUT2D eigenvalue weighted by Crippen LogP contribution is -2.33. The molecule has 2 amide bonds. The predicted octanol–water partition coefficient (Wildman–Crippen LogP) is 2.19. The van der Waals surface area contributed by atoms with Crippen LogP contribution >= 0.6 is 0 Å². The summed E-state index contributed by atoms with van der Waals surface area (Å²) in [6.45, 7) is 1.84. The summed E-state index contributed by atoms with van der Waals surface area (Å²) in [5.74, 6) is -0.417. The average molecular weight is 269 g/mol. The Morgan fingerprint density at radius 1 is 1.25 bits per heavy atom. The van der Waals surface area contributed by atoms with Crippen molar-refractivity contribution in [2.24, 2.45) is 0 Å². The number of carbonyl (C=O) groups excluding carboxylic acids is 3. The van der Waals surface area contributed by atoms with E-state index in [1.807, 2.05) is 25.1 Å². The van der Waals surface area contributed by atoms with Gasteiger partial charge in [0.2, 0.25) is 0 Å². The minimum absolute atomic E-state index is 0.111. The molecule has 0 unspecified atom stereocenters. The maximum Gasteiger partial charge on any atom is 0.254 e. The van der Waals surface area contributed by atoms with E-state index < -0.39 is 0 Å². The lowest BCUT2D eigenvalue weighted by Gasteiger charge is -2.23. The van der Waals surface area contributed by atoms with Crippen molar-refractivity contribution < 1.29 is 14.4 Å². The lowest BCUT2D eigenvalue weighted by atomic mass is 9.98. The topological polar surface area (TPSA) is 54.5 Å². The van der Waals surface area contributed by atoms with E-state index >= 15 is 0 Å². The van der Waals surface area contributed by atoms with Crippen LogP contribution in [0.2, 0.25) is 0 Å². The number of fused-ring (bicyclic) bond motifs is 1. The van der Waals surface area contributed by atoms with Crippen LogP contribution in [-0.2, 0) is 16.0 Å². The van der Waals surface area contributed by atoms with E-state index in [1.165, 1.54) is 17.1 Å². The molecule has 1 aliphatic heterocycles. The van der Waals surface area contributed by atoms with Gasteiger partial charge in [0.1, 0.15) is 0 Å². The van der Waals surface area contributed by atoms with Crippen molar-refractivity contribution >= 4 is 17.6 Å². The van der Waals surface area contributed by atoms with Gasteiger partial charge >= 0.3 is 0 Å². The largest absolute Gasteiger partial charge is 0.294 e. The summed E-state index contributed by atoms with van der Waals surface area (Å²) in [5, 5.41) is 0. The first-order valence-corrected chi connectivity index (χ1v) is 6.83. The van der Waals surface area contributed by atoms with Crippen molar-refractivity contribution in [1.29, 1.82) is 0 Å². The molecule has 1 aromatic carbocycles. The molecular weight excluding hydrogens is 254 g/mol. The van der Waals surface area contributed by atoms with E-state index in [0.717, 1.165) is 23.1 Å². The van der Waals surface area contributed by atoms with Crippen LogP contribution in [0.1, 0.15) is 47.3 Å². The van der Waals surface area contributed by atoms with Crippen molar-refractivity contribution in [2.45, 2.75) is 32.2 Å². The molecule has 4 nitrogen and oxygen atoms in total. The first-order chi connectivity index (χ1) is 9.63. The van der Waals surface area contributed by atoms with E-state index in [2.05, 4.69) is 0 Å². The molecule has 0 aromatic heterocycles. The Labute approximate surface area is 117 Å². The molecule has 1 aliphatic carbocycles. The first kappa shape index (κ1) is 12.8. The Hall–Kier alpha value is -2.23. The van der Waals surface area contributed by atoms with Crippen LogP contribution in [0.15, 0.2) is 30.4 Å². The van der Waals surface area contributed by atoms with Gasteiger partial charge in [0.05, 0.1) is 6.04 Å². The third kappa shape index (κ3) is 1.80. The minimum atomic E-state index is -0.264. The number of rotatable bonds is 3. The van der Waals surface area contributed by atoms with Gasteiger partial charge in [-0.3, -0.25) is 19.3 Å². The molecule has 0 bridgehead atoms.